The zero-order valence-electron chi connectivity index (χ0n) is 7.76. The van der Waals surface area contributed by atoms with Crippen molar-refractivity contribution >= 4 is 40.5 Å². The van der Waals surface area contributed by atoms with E-state index in [0.29, 0.717) is 20.8 Å². The topological polar surface area (TPSA) is 59.6 Å². The molecule has 80 valence electrons. The first-order chi connectivity index (χ1) is 7.58. The van der Waals surface area contributed by atoms with Gasteiger partial charge in [-0.05, 0) is 12.1 Å². The van der Waals surface area contributed by atoms with Crippen LogP contribution in [-0.4, -0.2) is 0 Å². The van der Waals surface area contributed by atoms with Gasteiger partial charge in [0.1, 0.15) is 17.7 Å². The Balaban J connectivity index is 3.01. The molecule has 0 saturated carbocycles. The second-order valence-electron chi connectivity index (χ2n) is 2.67. The summed E-state index contributed by atoms with van der Waals surface area (Å²) in [6, 6.07) is 6.39. The summed E-state index contributed by atoms with van der Waals surface area (Å²) in [7, 11) is 0. The van der Waals surface area contributed by atoms with Crippen LogP contribution in [-0.2, 0) is 0 Å². The van der Waals surface area contributed by atoms with E-state index in [9.17, 15) is 0 Å². The second-order valence-corrected chi connectivity index (χ2v) is 3.89. The van der Waals surface area contributed by atoms with Crippen LogP contribution >= 0.6 is 34.8 Å². The van der Waals surface area contributed by atoms with Crippen molar-refractivity contribution < 1.29 is 0 Å². The Bertz CT molecular complexity index is 507. The number of nitrogens with zero attached hydrogens (tertiary/aromatic N) is 2. The molecule has 0 fully saturated rings. The summed E-state index contributed by atoms with van der Waals surface area (Å²) in [5.41, 5.74) is 0.404. The van der Waals surface area contributed by atoms with Gasteiger partial charge in [-0.2, -0.15) is 10.5 Å². The average Bonchev–Trinajstić information content (AvgIpc) is 2.26. The molecule has 1 N–H and O–H groups in total. The highest BCUT2D eigenvalue weighted by Crippen LogP contribution is 2.32. The van der Waals surface area contributed by atoms with E-state index in [1.807, 2.05) is 0 Å². The summed E-state index contributed by atoms with van der Waals surface area (Å²) >= 11 is 17.4. The molecular weight excluding hydrogens is 268 g/mol. The lowest BCUT2D eigenvalue weighted by molar-refractivity contribution is 1.44. The van der Waals surface area contributed by atoms with Gasteiger partial charge in [0.25, 0.3) is 0 Å². The van der Waals surface area contributed by atoms with Crippen molar-refractivity contribution in [3.05, 3.63) is 39.0 Å². The number of rotatable bonds is 2. The van der Waals surface area contributed by atoms with E-state index < -0.39 is 0 Å². The molecule has 0 atom stereocenters. The molecule has 0 amide bonds. The molecule has 0 spiro atoms. The van der Waals surface area contributed by atoms with Crippen LogP contribution in [0.3, 0.4) is 0 Å². The van der Waals surface area contributed by atoms with Gasteiger partial charge in [0.05, 0.1) is 20.8 Å². The minimum absolute atomic E-state index is 0.0675. The summed E-state index contributed by atoms with van der Waals surface area (Å²) in [6.45, 7) is 0. The molecule has 0 aliphatic rings. The van der Waals surface area contributed by atoms with E-state index in [2.05, 4.69) is 5.32 Å². The quantitative estimate of drug-likeness (QED) is 0.654. The fraction of sp³-hybridized carbons (Fsp3) is 0. The summed E-state index contributed by atoms with van der Waals surface area (Å²) in [5, 5.41) is 20.7. The van der Waals surface area contributed by atoms with Gasteiger partial charge >= 0.3 is 0 Å². The van der Waals surface area contributed by atoms with Gasteiger partial charge in [0, 0.05) is 6.20 Å². The summed E-state index contributed by atoms with van der Waals surface area (Å²) < 4.78 is 0. The zero-order valence-corrected chi connectivity index (χ0v) is 10.0. The first-order valence-electron chi connectivity index (χ1n) is 4.00. The molecule has 0 aromatic heterocycles. The van der Waals surface area contributed by atoms with E-state index in [1.54, 1.807) is 12.1 Å². The van der Waals surface area contributed by atoms with Gasteiger partial charge in [0.15, 0.2) is 0 Å². The monoisotopic (exact) mass is 271 g/mol. The minimum Gasteiger partial charge on any atom is -0.359 e. The van der Waals surface area contributed by atoms with Crippen LogP contribution in [0.1, 0.15) is 0 Å². The Morgan fingerprint density at radius 3 is 2.19 bits per heavy atom. The number of halogens is 3. The maximum atomic E-state index is 8.51. The Morgan fingerprint density at radius 1 is 1.06 bits per heavy atom. The fourth-order valence-electron chi connectivity index (χ4n) is 0.873. The van der Waals surface area contributed by atoms with Crippen molar-refractivity contribution in [3.63, 3.8) is 0 Å². The van der Waals surface area contributed by atoms with E-state index in [1.165, 1.54) is 18.3 Å². The predicted molar refractivity (Wildman–Crippen MR) is 64.4 cm³/mol. The Hall–Kier alpha value is -1.39. The molecule has 16 heavy (non-hydrogen) atoms. The molecule has 6 heteroatoms. The molecule has 0 aliphatic carbocycles. The Morgan fingerprint density at radius 2 is 1.62 bits per heavy atom. The second kappa shape index (κ2) is 5.63. The van der Waals surface area contributed by atoms with Crippen molar-refractivity contribution in [2.24, 2.45) is 0 Å². The lowest BCUT2D eigenvalue weighted by Crippen LogP contribution is -1.91. The minimum atomic E-state index is -0.0675. The van der Waals surface area contributed by atoms with E-state index in [4.69, 9.17) is 45.3 Å². The third kappa shape index (κ3) is 3.05. The number of nitrogens with one attached hydrogen (secondary N) is 1. The number of benzene rings is 1. The van der Waals surface area contributed by atoms with Crippen molar-refractivity contribution in [2.45, 2.75) is 0 Å². The molecule has 0 aliphatic heterocycles. The van der Waals surface area contributed by atoms with Crippen molar-refractivity contribution in [1.29, 1.82) is 10.5 Å². The molecule has 1 aromatic rings. The summed E-state index contributed by atoms with van der Waals surface area (Å²) in [4.78, 5) is 0. The number of hydrogen-bond acceptors (Lipinski definition) is 3. The fourth-order valence-corrected chi connectivity index (χ4v) is 1.47. The number of nitriles is 2. The number of anilines is 1. The molecule has 0 heterocycles. The van der Waals surface area contributed by atoms with Crippen molar-refractivity contribution in [2.75, 3.05) is 5.32 Å². The molecule has 1 aromatic carbocycles. The van der Waals surface area contributed by atoms with Gasteiger partial charge in [-0.1, -0.05) is 34.8 Å². The molecule has 0 radical (unpaired) electrons. The van der Waals surface area contributed by atoms with Gasteiger partial charge in [-0.3, -0.25) is 0 Å². The lowest BCUT2D eigenvalue weighted by Gasteiger charge is -2.05. The molecular formula is C10H4Cl3N3. The van der Waals surface area contributed by atoms with Crippen LogP contribution in [0, 0.1) is 22.7 Å². The number of hydrogen-bond donors (Lipinski definition) is 1. The first kappa shape index (κ1) is 12.7. The molecule has 0 saturated heterocycles. The third-order valence-electron chi connectivity index (χ3n) is 1.62. The molecule has 0 unspecified atom stereocenters. The van der Waals surface area contributed by atoms with Crippen LogP contribution in [0.2, 0.25) is 15.1 Å². The highest BCUT2D eigenvalue weighted by molar-refractivity contribution is 6.44. The SMILES string of the molecule is N#CC(C#N)=CNc1cc(Cl)c(Cl)cc1Cl. The standard InChI is InChI=1S/C10H4Cl3N3/c11-7-1-9(13)10(2-8(7)12)16-5-6(3-14)4-15/h1-2,5,16H. The average molecular weight is 273 g/mol. The third-order valence-corrected chi connectivity index (χ3v) is 2.66. The van der Waals surface area contributed by atoms with Gasteiger partial charge in [-0.25, -0.2) is 0 Å². The van der Waals surface area contributed by atoms with E-state index >= 15 is 0 Å². The molecule has 1 rings (SSSR count). The van der Waals surface area contributed by atoms with Gasteiger partial charge in [-0.15, -0.1) is 0 Å². The highest BCUT2D eigenvalue weighted by atomic mass is 35.5. The van der Waals surface area contributed by atoms with Crippen LogP contribution in [0.5, 0.6) is 0 Å². The zero-order chi connectivity index (χ0) is 12.1. The maximum absolute atomic E-state index is 8.51. The Kier molecular flexibility index (Phi) is 4.46. The highest BCUT2D eigenvalue weighted by Gasteiger charge is 2.04. The number of allylic oxidation sites excluding steroid dienone is 1. The van der Waals surface area contributed by atoms with Gasteiger partial charge < -0.3 is 5.32 Å². The maximum Gasteiger partial charge on any atom is 0.145 e. The van der Waals surface area contributed by atoms with Crippen LogP contribution in [0.15, 0.2) is 23.9 Å². The first-order valence-corrected chi connectivity index (χ1v) is 5.13. The Labute approximate surface area is 107 Å². The van der Waals surface area contributed by atoms with Crippen molar-refractivity contribution in [1.82, 2.24) is 0 Å². The summed E-state index contributed by atoms with van der Waals surface area (Å²) in [6.07, 6.45) is 1.24. The van der Waals surface area contributed by atoms with E-state index in [-0.39, 0.29) is 5.57 Å². The van der Waals surface area contributed by atoms with Crippen molar-refractivity contribution in [3.8, 4) is 12.1 Å². The molecule has 3 nitrogen and oxygen atoms in total. The van der Waals surface area contributed by atoms with Gasteiger partial charge in [0.2, 0.25) is 0 Å². The van der Waals surface area contributed by atoms with Crippen LogP contribution in [0.25, 0.3) is 0 Å². The summed E-state index contributed by atoms with van der Waals surface area (Å²) in [5.74, 6) is 0. The lowest BCUT2D eigenvalue weighted by atomic mass is 10.3. The molecule has 0 bridgehead atoms. The largest absolute Gasteiger partial charge is 0.359 e. The van der Waals surface area contributed by atoms with Crippen LogP contribution < -0.4 is 5.32 Å². The van der Waals surface area contributed by atoms with E-state index in [0.717, 1.165) is 0 Å². The smallest absolute Gasteiger partial charge is 0.145 e. The van der Waals surface area contributed by atoms with Crippen LogP contribution in [0.4, 0.5) is 5.69 Å². The predicted octanol–water partition coefficient (Wildman–Crippen LogP) is 3.99. The normalized spacial score (nSPS) is 8.81.